The van der Waals surface area contributed by atoms with Crippen molar-refractivity contribution in [1.82, 2.24) is 9.97 Å². The van der Waals surface area contributed by atoms with Crippen molar-refractivity contribution < 1.29 is 0 Å². The minimum atomic E-state index is -0.217. The summed E-state index contributed by atoms with van der Waals surface area (Å²) in [6.07, 6.45) is 3.41. The Balaban J connectivity index is 1.83. The molecule has 1 atom stereocenters. The van der Waals surface area contributed by atoms with Crippen LogP contribution < -0.4 is 11.1 Å². The highest BCUT2D eigenvalue weighted by atomic mass is 35.5. The normalized spacial score (nSPS) is 12.8. The topological polar surface area (TPSA) is 79.1 Å². The molecule has 3 aromatic rings. The average molecular weight is 443 g/mol. The van der Waals surface area contributed by atoms with Gasteiger partial charge in [0.25, 0.3) is 0 Å². The molecule has 9 heteroatoms. The van der Waals surface area contributed by atoms with E-state index >= 15 is 0 Å². The smallest absolute Gasteiger partial charge is 0.193 e. The third-order valence-corrected chi connectivity index (χ3v) is 4.94. The molecule has 0 aliphatic rings. The van der Waals surface area contributed by atoms with Crippen molar-refractivity contribution in [1.29, 1.82) is 0 Å². The van der Waals surface area contributed by atoms with E-state index in [0.29, 0.717) is 32.3 Å². The van der Waals surface area contributed by atoms with Crippen LogP contribution in [0.3, 0.4) is 0 Å². The zero-order valence-electron chi connectivity index (χ0n) is 13.9. The molecule has 2 aromatic carbocycles. The van der Waals surface area contributed by atoms with Gasteiger partial charge >= 0.3 is 0 Å². The van der Waals surface area contributed by atoms with Crippen molar-refractivity contribution >= 4 is 58.1 Å². The maximum absolute atomic E-state index is 6.37. The molecule has 1 aromatic heterocycles. The third-order valence-electron chi connectivity index (χ3n) is 3.83. The van der Waals surface area contributed by atoms with Crippen molar-refractivity contribution in [2.75, 3.05) is 11.9 Å². The first-order chi connectivity index (χ1) is 12.9. The van der Waals surface area contributed by atoms with Gasteiger partial charge in [0.1, 0.15) is 5.82 Å². The van der Waals surface area contributed by atoms with Gasteiger partial charge in [0, 0.05) is 27.5 Å². The molecule has 140 valence electrons. The van der Waals surface area contributed by atoms with Crippen LogP contribution in [0.5, 0.6) is 0 Å². The maximum Gasteiger partial charge on any atom is 0.193 e. The third kappa shape index (κ3) is 5.08. The molecule has 1 heterocycles. The summed E-state index contributed by atoms with van der Waals surface area (Å²) in [6, 6.07) is 10.4. The molecule has 0 saturated heterocycles. The van der Waals surface area contributed by atoms with Crippen LogP contribution in [-0.2, 0) is 0 Å². The predicted octanol–water partition coefficient (Wildman–Crippen LogP) is 5.58. The molecular weight excluding hydrogens is 428 g/mol. The molecule has 0 bridgehead atoms. The summed E-state index contributed by atoms with van der Waals surface area (Å²) in [7, 11) is 0. The molecule has 0 amide bonds. The first-order valence-corrected chi connectivity index (χ1v) is 9.41. The van der Waals surface area contributed by atoms with Gasteiger partial charge in [0.05, 0.1) is 23.2 Å². The van der Waals surface area contributed by atoms with Gasteiger partial charge in [-0.1, -0.05) is 52.5 Å². The minimum Gasteiger partial charge on any atom is -0.370 e. The summed E-state index contributed by atoms with van der Waals surface area (Å²) < 4.78 is 0. The summed E-state index contributed by atoms with van der Waals surface area (Å²) in [4.78, 5) is 11.8. The molecule has 0 aliphatic carbocycles. The number of H-pyrrole nitrogens is 1. The number of hydrogen-bond acceptors (Lipinski definition) is 2. The lowest BCUT2D eigenvalue weighted by Gasteiger charge is -2.16. The predicted molar refractivity (Wildman–Crippen MR) is 113 cm³/mol. The van der Waals surface area contributed by atoms with Crippen LogP contribution in [0, 0.1) is 0 Å². The fourth-order valence-corrected chi connectivity index (χ4v) is 3.54. The zero-order chi connectivity index (χ0) is 19.4. The Hall–Kier alpha value is -1.92. The number of imidazole rings is 1. The number of nitrogens with one attached hydrogen (secondary N) is 2. The summed E-state index contributed by atoms with van der Waals surface area (Å²) in [5.74, 6) is 0.715. The molecule has 0 fully saturated rings. The van der Waals surface area contributed by atoms with Crippen LogP contribution in [0.2, 0.25) is 20.1 Å². The number of guanidine groups is 1. The molecule has 4 N–H and O–H groups in total. The highest BCUT2D eigenvalue weighted by molar-refractivity contribution is 6.36. The van der Waals surface area contributed by atoms with Crippen molar-refractivity contribution in [3.63, 3.8) is 0 Å². The number of nitrogens with two attached hydrogens (primary N) is 1. The Morgan fingerprint density at radius 3 is 2.41 bits per heavy atom. The quantitative estimate of drug-likeness (QED) is 0.356. The maximum atomic E-state index is 6.37. The van der Waals surface area contributed by atoms with Gasteiger partial charge < -0.3 is 16.0 Å². The number of aromatic amines is 1. The molecule has 0 radical (unpaired) electrons. The van der Waals surface area contributed by atoms with Gasteiger partial charge in [-0.25, -0.2) is 4.98 Å². The summed E-state index contributed by atoms with van der Waals surface area (Å²) >= 11 is 24.4. The van der Waals surface area contributed by atoms with Crippen molar-refractivity contribution in [3.8, 4) is 0 Å². The Labute approximate surface area is 176 Å². The number of hydrogen-bond donors (Lipinski definition) is 3. The lowest BCUT2D eigenvalue weighted by molar-refractivity contribution is 0.765. The Kier molecular flexibility index (Phi) is 6.50. The van der Waals surface area contributed by atoms with E-state index in [-0.39, 0.29) is 11.9 Å². The Bertz CT molecular complexity index is 956. The molecule has 1 unspecified atom stereocenters. The highest BCUT2D eigenvalue weighted by Gasteiger charge is 2.19. The standard InChI is InChI=1S/C18H15Cl4N5/c19-10-1-3-12(14(21)7-10)13(17-24-5-6-25-17)9-26-18(23)27-16-4-2-11(20)8-15(16)22/h1-8,13H,9H2,(H,24,25)(H3,23,26,27). The number of aromatic nitrogens is 2. The van der Waals surface area contributed by atoms with Gasteiger partial charge in [-0.2, -0.15) is 0 Å². The van der Waals surface area contributed by atoms with Gasteiger partial charge in [-0.05, 0) is 35.9 Å². The van der Waals surface area contributed by atoms with Gasteiger partial charge in [0.2, 0.25) is 0 Å². The van der Waals surface area contributed by atoms with E-state index < -0.39 is 0 Å². The number of aliphatic imine (C=N–C) groups is 1. The Morgan fingerprint density at radius 2 is 1.78 bits per heavy atom. The molecule has 0 saturated carbocycles. The van der Waals surface area contributed by atoms with E-state index in [4.69, 9.17) is 52.1 Å². The van der Waals surface area contributed by atoms with Crippen LogP contribution in [0.1, 0.15) is 17.3 Å². The van der Waals surface area contributed by atoms with E-state index in [1.807, 2.05) is 6.07 Å². The average Bonchev–Trinajstić information content (AvgIpc) is 3.13. The number of nitrogens with zero attached hydrogens (tertiary/aromatic N) is 2. The van der Waals surface area contributed by atoms with E-state index in [1.54, 1.807) is 42.7 Å². The monoisotopic (exact) mass is 441 g/mol. The minimum absolute atomic E-state index is 0.209. The highest BCUT2D eigenvalue weighted by Crippen LogP contribution is 2.31. The summed E-state index contributed by atoms with van der Waals surface area (Å²) in [6.45, 7) is 0.318. The summed E-state index contributed by atoms with van der Waals surface area (Å²) in [5, 5.41) is 5.05. The molecule has 0 spiro atoms. The first-order valence-electron chi connectivity index (χ1n) is 7.90. The number of halogens is 4. The number of rotatable bonds is 5. The number of anilines is 1. The van der Waals surface area contributed by atoms with Crippen LogP contribution >= 0.6 is 46.4 Å². The first kappa shape index (κ1) is 19.8. The second-order valence-corrected chi connectivity index (χ2v) is 7.36. The largest absolute Gasteiger partial charge is 0.370 e. The number of benzene rings is 2. The van der Waals surface area contributed by atoms with Crippen LogP contribution in [0.25, 0.3) is 0 Å². The van der Waals surface area contributed by atoms with E-state index in [2.05, 4.69) is 20.3 Å². The lowest BCUT2D eigenvalue weighted by atomic mass is 9.98. The SMILES string of the molecule is NC(=NCC(c1ncc[nH]1)c1ccc(Cl)cc1Cl)Nc1ccc(Cl)cc1Cl. The van der Waals surface area contributed by atoms with Crippen molar-refractivity contribution in [2.24, 2.45) is 10.7 Å². The molecular formula is C18H15Cl4N5. The van der Waals surface area contributed by atoms with E-state index in [9.17, 15) is 0 Å². The van der Waals surface area contributed by atoms with Crippen LogP contribution in [0.4, 0.5) is 5.69 Å². The molecule has 0 aliphatic heterocycles. The second-order valence-electron chi connectivity index (χ2n) is 5.67. The molecule has 5 nitrogen and oxygen atoms in total. The van der Waals surface area contributed by atoms with Gasteiger partial charge in [0.15, 0.2) is 5.96 Å². The second kappa shape index (κ2) is 8.85. The molecule has 27 heavy (non-hydrogen) atoms. The van der Waals surface area contributed by atoms with Crippen LogP contribution in [-0.4, -0.2) is 22.5 Å². The van der Waals surface area contributed by atoms with E-state index in [1.165, 1.54) is 0 Å². The summed E-state index contributed by atoms with van der Waals surface area (Å²) in [5.41, 5.74) is 7.47. The fraction of sp³-hybridized carbons (Fsp3) is 0.111. The zero-order valence-corrected chi connectivity index (χ0v) is 16.9. The lowest BCUT2D eigenvalue weighted by Crippen LogP contribution is -2.24. The van der Waals surface area contributed by atoms with Crippen molar-refractivity contribution in [2.45, 2.75) is 5.92 Å². The van der Waals surface area contributed by atoms with Crippen molar-refractivity contribution in [3.05, 3.63) is 80.3 Å². The molecule has 3 rings (SSSR count). The van der Waals surface area contributed by atoms with Gasteiger partial charge in [-0.15, -0.1) is 0 Å². The fourth-order valence-electron chi connectivity index (χ4n) is 2.54. The van der Waals surface area contributed by atoms with E-state index in [0.717, 1.165) is 11.4 Å². The Morgan fingerprint density at radius 1 is 1.07 bits per heavy atom. The van der Waals surface area contributed by atoms with Gasteiger partial charge in [-0.3, -0.25) is 4.99 Å². The van der Waals surface area contributed by atoms with Crippen LogP contribution in [0.15, 0.2) is 53.8 Å².